The number of nitrogens with zero attached hydrogens (tertiary/aromatic N) is 1. The Hall–Kier alpha value is -0.930. The number of aromatic nitrogens is 1. The molecule has 94 valence electrons. The third kappa shape index (κ3) is 3.27. The molecule has 1 aromatic rings. The molecule has 1 aliphatic carbocycles. The molecule has 0 amide bonds. The molecule has 0 aliphatic heterocycles. The lowest BCUT2D eigenvalue weighted by Crippen LogP contribution is -2.51. The van der Waals surface area contributed by atoms with Crippen LogP contribution in [-0.2, 0) is 6.54 Å². The summed E-state index contributed by atoms with van der Waals surface area (Å²) in [5.74, 6) is 0.706. The van der Waals surface area contributed by atoms with Gasteiger partial charge in [-0.1, -0.05) is 25.8 Å². The topological polar surface area (TPSA) is 45.1 Å². The van der Waals surface area contributed by atoms with Crippen molar-refractivity contribution < 1.29 is 5.11 Å². The highest BCUT2D eigenvalue weighted by molar-refractivity contribution is 5.09. The Balaban J connectivity index is 1.95. The summed E-state index contributed by atoms with van der Waals surface area (Å²) in [6, 6.07) is 4.02. The van der Waals surface area contributed by atoms with E-state index in [9.17, 15) is 5.11 Å². The van der Waals surface area contributed by atoms with Gasteiger partial charge >= 0.3 is 0 Å². The monoisotopic (exact) mass is 234 g/mol. The number of hydrogen-bond donors (Lipinski definition) is 2. The average Bonchev–Trinajstić information content (AvgIpc) is 2.38. The van der Waals surface area contributed by atoms with Gasteiger partial charge in [0, 0.05) is 24.5 Å². The number of aliphatic hydroxyl groups is 1. The minimum Gasteiger partial charge on any atom is -0.394 e. The molecule has 2 unspecified atom stereocenters. The van der Waals surface area contributed by atoms with Gasteiger partial charge in [-0.2, -0.15) is 0 Å². The summed E-state index contributed by atoms with van der Waals surface area (Å²) < 4.78 is 0. The normalized spacial score (nSPS) is 29.2. The van der Waals surface area contributed by atoms with Gasteiger partial charge in [-0.25, -0.2) is 0 Å². The third-order valence-corrected chi connectivity index (χ3v) is 3.78. The van der Waals surface area contributed by atoms with Gasteiger partial charge in [-0.3, -0.25) is 4.98 Å². The summed E-state index contributed by atoms with van der Waals surface area (Å²) in [5, 5.41) is 13.2. The van der Waals surface area contributed by atoms with Crippen LogP contribution in [0, 0.1) is 5.92 Å². The summed E-state index contributed by atoms with van der Waals surface area (Å²) in [5.41, 5.74) is 1.10. The highest BCUT2D eigenvalue weighted by Crippen LogP contribution is 2.32. The zero-order valence-electron chi connectivity index (χ0n) is 10.5. The smallest absolute Gasteiger partial charge is 0.0613 e. The molecular formula is C14H22N2O. The van der Waals surface area contributed by atoms with E-state index in [4.69, 9.17) is 0 Å². The highest BCUT2D eigenvalue weighted by Gasteiger charge is 2.33. The van der Waals surface area contributed by atoms with Crippen LogP contribution in [0.15, 0.2) is 24.5 Å². The molecule has 0 aromatic carbocycles. The van der Waals surface area contributed by atoms with E-state index >= 15 is 0 Å². The number of rotatable bonds is 4. The van der Waals surface area contributed by atoms with Crippen molar-refractivity contribution in [1.82, 2.24) is 10.3 Å². The minimum absolute atomic E-state index is 0.0759. The van der Waals surface area contributed by atoms with Crippen LogP contribution >= 0.6 is 0 Å². The van der Waals surface area contributed by atoms with Gasteiger partial charge in [0.1, 0.15) is 0 Å². The Morgan fingerprint density at radius 1 is 1.59 bits per heavy atom. The van der Waals surface area contributed by atoms with Gasteiger partial charge in [0.15, 0.2) is 0 Å². The molecule has 17 heavy (non-hydrogen) atoms. The Morgan fingerprint density at radius 2 is 2.47 bits per heavy atom. The second-order valence-corrected chi connectivity index (χ2v) is 5.35. The van der Waals surface area contributed by atoms with Crippen molar-refractivity contribution in [2.75, 3.05) is 6.61 Å². The van der Waals surface area contributed by atoms with Crippen LogP contribution in [0.1, 0.15) is 38.2 Å². The molecule has 3 nitrogen and oxygen atoms in total. The molecule has 0 spiro atoms. The van der Waals surface area contributed by atoms with Crippen LogP contribution in [0.25, 0.3) is 0 Å². The average molecular weight is 234 g/mol. The first-order chi connectivity index (χ1) is 8.24. The predicted molar refractivity (Wildman–Crippen MR) is 68.5 cm³/mol. The van der Waals surface area contributed by atoms with Crippen LogP contribution in [-0.4, -0.2) is 22.2 Å². The summed E-state index contributed by atoms with van der Waals surface area (Å²) in [7, 11) is 0. The fourth-order valence-electron chi connectivity index (χ4n) is 2.81. The minimum atomic E-state index is -0.0759. The standard InChI is InChI=1S/C14H22N2O/c1-12-4-2-6-14(8-12,11-17)16-10-13-5-3-7-15-9-13/h3,5,7,9,12,16-17H,2,4,6,8,10-11H2,1H3. The van der Waals surface area contributed by atoms with E-state index in [0.29, 0.717) is 5.92 Å². The van der Waals surface area contributed by atoms with Crippen molar-refractivity contribution in [3.63, 3.8) is 0 Å². The van der Waals surface area contributed by atoms with E-state index in [2.05, 4.69) is 23.3 Å². The number of pyridine rings is 1. The highest BCUT2D eigenvalue weighted by atomic mass is 16.3. The van der Waals surface area contributed by atoms with E-state index < -0.39 is 0 Å². The van der Waals surface area contributed by atoms with Crippen molar-refractivity contribution in [1.29, 1.82) is 0 Å². The SMILES string of the molecule is CC1CCCC(CO)(NCc2cccnc2)C1. The first kappa shape index (κ1) is 12.5. The molecular weight excluding hydrogens is 212 g/mol. The summed E-state index contributed by atoms with van der Waals surface area (Å²) >= 11 is 0. The molecule has 0 saturated heterocycles. The van der Waals surface area contributed by atoms with Gasteiger partial charge in [0.2, 0.25) is 0 Å². The van der Waals surface area contributed by atoms with Gasteiger partial charge < -0.3 is 10.4 Å². The molecule has 1 saturated carbocycles. The molecule has 1 aromatic heterocycles. The third-order valence-electron chi connectivity index (χ3n) is 3.78. The molecule has 0 radical (unpaired) electrons. The Labute approximate surface area is 103 Å². The molecule has 2 atom stereocenters. The van der Waals surface area contributed by atoms with Crippen LogP contribution in [0.2, 0.25) is 0 Å². The molecule has 1 fully saturated rings. The molecule has 3 heteroatoms. The molecule has 1 heterocycles. The summed E-state index contributed by atoms with van der Waals surface area (Å²) in [6.45, 7) is 3.30. The maximum absolute atomic E-state index is 9.66. The van der Waals surface area contributed by atoms with Gasteiger partial charge in [0.25, 0.3) is 0 Å². The number of aliphatic hydroxyl groups excluding tert-OH is 1. The van der Waals surface area contributed by atoms with Crippen molar-refractivity contribution in [2.45, 2.75) is 44.7 Å². The Morgan fingerprint density at radius 3 is 3.12 bits per heavy atom. The fraction of sp³-hybridized carbons (Fsp3) is 0.643. The maximum atomic E-state index is 9.66. The zero-order chi connectivity index (χ0) is 12.1. The Bertz CT molecular complexity index is 341. The Kier molecular flexibility index (Phi) is 4.13. The lowest BCUT2D eigenvalue weighted by molar-refractivity contribution is 0.0982. The van der Waals surface area contributed by atoms with E-state index in [1.165, 1.54) is 18.4 Å². The van der Waals surface area contributed by atoms with Crippen molar-refractivity contribution in [2.24, 2.45) is 5.92 Å². The van der Waals surface area contributed by atoms with E-state index in [1.807, 2.05) is 12.3 Å². The number of hydrogen-bond acceptors (Lipinski definition) is 3. The van der Waals surface area contributed by atoms with Gasteiger partial charge in [0.05, 0.1) is 6.61 Å². The van der Waals surface area contributed by atoms with Crippen LogP contribution in [0.5, 0.6) is 0 Å². The second-order valence-electron chi connectivity index (χ2n) is 5.35. The zero-order valence-corrected chi connectivity index (χ0v) is 10.5. The van der Waals surface area contributed by atoms with Crippen LogP contribution < -0.4 is 5.32 Å². The predicted octanol–water partition coefficient (Wildman–Crippen LogP) is 2.11. The van der Waals surface area contributed by atoms with Crippen LogP contribution in [0.4, 0.5) is 0 Å². The van der Waals surface area contributed by atoms with Crippen molar-refractivity contribution in [3.8, 4) is 0 Å². The second kappa shape index (κ2) is 5.61. The van der Waals surface area contributed by atoms with Gasteiger partial charge in [-0.05, 0) is 30.4 Å². The van der Waals surface area contributed by atoms with E-state index in [-0.39, 0.29) is 12.1 Å². The van der Waals surface area contributed by atoms with Gasteiger partial charge in [-0.15, -0.1) is 0 Å². The van der Waals surface area contributed by atoms with Crippen molar-refractivity contribution >= 4 is 0 Å². The first-order valence-corrected chi connectivity index (χ1v) is 6.49. The summed E-state index contributed by atoms with van der Waals surface area (Å²) in [4.78, 5) is 4.11. The lowest BCUT2D eigenvalue weighted by Gasteiger charge is -2.39. The van der Waals surface area contributed by atoms with E-state index in [1.54, 1.807) is 6.20 Å². The molecule has 2 rings (SSSR count). The van der Waals surface area contributed by atoms with Crippen LogP contribution in [0.3, 0.4) is 0 Å². The first-order valence-electron chi connectivity index (χ1n) is 6.49. The molecule has 1 aliphatic rings. The number of nitrogens with one attached hydrogen (secondary N) is 1. The fourth-order valence-corrected chi connectivity index (χ4v) is 2.81. The van der Waals surface area contributed by atoms with Crippen molar-refractivity contribution in [3.05, 3.63) is 30.1 Å². The molecule has 0 bridgehead atoms. The van der Waals surface area contributed by atoms with E-state index in [0.717, 1.165) is 19.4 Å². The lowest BCUT2D eigenvalue weighted by atomic mass is 9.77. The quantitative estimate of drug-likeness (QED) is 0.838. The summed E-state index contributed by atoms with van der Waals surface area (Å²) in [6.07, 6.45) is 8.31. The largest absolute Gasteiger partial charge is 0.394 e. The maximum Gasteiger partial charge on any atom is 0.0613 e. The molecule has 2 N–H and O–H groups in total.